The van der Waals surface area contributed by atoms with Gasteiger partial charge in [-0.05, 0) is 42.8 Å². The molecule has 2 heteroatoms. The van der Waals surface area contributed by atoms with Crippen molar-refractivity contribution in [3.8, 4) is 11.5 Å². The Labute approximate surface area is 94.5 Å². The molecule has 2 aromatic rings. The van der Waals surface area contributed by atoms with Crippen molar-refractivity contribution < 1.29 is 9.53 Å². The first-order valence-electron chi connectivity index (χ1n) is 5.08. The minimum absolute atomic E-state index is 0.665. The van der Waals surface area contributed by atoms with Gasteiger partial charge in [-0.1, -0.05) is 18.2 Å². The normalized spacial score (nSPS) is 9.81. The summed E-state index contributed by atoms with van der Waals surface area (Å²) in [5, 5.41) is 0. The van der Waals surface area contributed by atoms with E-state index < -0.39 is 0 Å². The van der Waals surface area contributed by atoms with Crippen molar-refractivity contribution in [2.24, 2.45) is 0 Å². The molecular weight excluding hydrogens is 200 g/mol. The Hall–Kier alpha value is -2.09. The predicted octanol–water partition coefficient (Wildman–Crippen LogP) is 3.60. The number of para-hydroxylation sites is 1. The average Bonchev–Trinajstić information content (AvgIpc) is 2.33. The molecule has 2 aromatic carbocycles. The molecule has 0 N–H and O–H groups in total. The zero-order valence-electron chi connectivity index (χ0n) is 9.01. The molecular formula is C14H12O2. The van der Waals surface area contributed by atoms with Gasteiger partial charge in [-0.25, -0.2) is 0 Å². The van der Waals surface area contributed by atoms with Gasteiger partial charge in [0.2, 0.25) is 0 Å². The number of carbonyl (C=O) groups excluding carboxylic acids is 1. The molecule has 0 amide bonds. The van der Waals surface area contributed by atoms with Crippen LogP contribution in [0.5, 0.6) is 11.5 Å². The Kier molecular flexibility index (Phi) is 3.01. The Morgan fingerprint density at radius 1 is 1.06 bits per heavy atom. The highest BCUT2D eigenvalue weighted by atomic mass is 16.5. The van der Waals surface area contributed by atoms with Crippen molar-refractivity contribution >= 4 is 6.29 Å². The van der Waals surface area contributed by atoms with Gasteiger partial charge in [0.25, 0.3) is 0 Å². The van der Waals surface area contributed by atoms with Gasteiger partial charge in [0, 0.05) is 5.56 Å². The second kappa shape index (κ2) is 4.62. The highest BCUT2D eigenvalue weighted by Gasteiger charge is 2.01. The van der Waals surface area contributed by atoms with Crippen molar-refractivity contribution in [3.05, 3.63) is 59.7 Å². The van der Waals surface area contributed by atoms with Crippen LogP contribution in [0.2, 0.25) is 0 Å². The maximum atomic E-state index is 10.6. The van der Waals surface area contributed by atoms with E-state index in [2.05, 4.69) is 0 Å². The standard InChI is InChI=1S/C14H12O2/c1-11-9-12(10-15)7-8-14(11)16-13-5-3-2-4-6-13/h2-10H,1H3. The van der Waals surface area contributed by atoms with Crippen molar-refractivity contribution in [1.29, 1.82) is 0 Å². The molecule has 0 saturated heterocycles. The molecule has 0 saturated carbocycles. The smallest absolute Gasteiger partial charge is 0.150 e. The maximum absolute atomic E-state index is 10.6. The highest BCUT2D eigenvalue weighted by Crippen LogP contribution is 2.24. The molecule has 0 fully saturated rings. The first-order valence-corrected chi connectivity index (χ1v) is 5.08. The van der Waals surface area contributed by atoms with Gasteiger partial charge in [-0.15, -0.1) is 0 Å². The Morgan fingerprint density at radius 2 is 1.81 bits per heavy atom. The van der Waals surface area contributed by atoms with Crippen LogP contribution in [0.1, 0.15) is 15.9 Å². The van der Waals surface area contributed by atoms with Crippen LogP contribution in [0, 0.1) is 6.92 Å². The molecule has 16 heavy (non-hydrogen) atoms. The molecule has 2 nitrogen and oxygen atoms in total. The topological polar surface area (TPSA) is 26.3 Å². The third-order valence-corrected chi connectivity index (χ3v) is 2.31. The summed E-state index contributed by atoms with van der Waals surface area (Å²) in [6.45, 7) is 1.92. The second-order valence-corrected chi connectivity index (χ2v) is 3.56. The Morgan fingerprint density at radius 3 is 2.44 bits per heavy atom. The summed E-state index contributed by atoms with van der Waals surface area (Å²) in [4.78, 5) is 10.6. The number of hydrogen-bond donors (Lipinski definition) is 0. The molecule has 0 aliphatic carbocycles. The minimum atomic E-state index is 0.665. The number of benzene rings is 2. The molecule has 0 heterocycles. The largest absolute Gasteiger partial charge is 0.457 e. The number of carbonyl (C=O) groups is 1. The van der Waals surface area contributed by atoms with Crippen LogP contribution in [0.4, 0.5) is 0 Å². The van der Waals surface area contributed by atoms with E-state index in [1.807, 2.05) is 49.4 Å². The van der Waals surface area contributed by atoms with Gasteiger partial charge < -0.3 is 4.74 Å². The molecule has 2 rings (SSSR count). The van der Waals surface area contributed by atoms with E-state index in [0.29, 0.717) is 5.56 Å². The molecule has 0 radical (unpaired) electrons. The van der Waals surface area contributed by atoms with E-state index in [9.17, 15) is 4.79 Å². The van der Waals surface area contributed by atoms with Crippen molar-refractivity contribution in [1.82, 2.24) is 0 Å². The lowest BCUT2D eigenvalue weighted by Gasteiger charge is -2.08. The molecule has 0 atom stereocenters. The van der Waals surface area contributed by atoms with Gasteiger partial charge in [0.15, 0.2) is 0 Å². The fourth-order valence-corrected chi connectivity index (χ4v) is 1.48. The zero-order valence-corrected chi connectivity index (χ0v) is 9.01. The van der Waals surface area contributed by atoms with E-state index in [0.717, 1.165) is 23.3 Å². The van der Waals surface area contributed by atoms with Crippen LogP contribution in [-0.2, 0) is 0 Å². The monoisotopic (exact) mass is 212 g/mol. The van der Waals surface area contributed by atoms with Gasteiger partial charge in [-0.3, -0.25) is 4.79 Å². The number of aldehydes is 1. The number of ether oxygens (including phenoxy) is 1. The first kappa shape index (κ1) is 10.4. The SMILES string of the molecule is Cc1cc(C=O)ccc1Oc1ccccc1. The molecule has 0 aliphatic rings. The van der Waals surface area contributed by atoms with E-state index >= 15 is 0 Å². The van der Waals surface area contributed by atoms with E-state index in [4.69, 9.17) is 4.74 Å². The third kappa shape index (κ3) is 2.28. The number of hydrogen-bond acceptors (Lipinski definition) is 2. The molecule has 0 spiro atoms. The second-order valence-electron chi connectivity index (χ2n) is 3.56. The van der Waals surface area contributed by atoms with Crippen molar-refractivity contribution in [2.45, 2.75) is 6.92 Å². The summed E-state index contributed by atoms with van der Waals surface area (Å²) >= 11 is 0. The van der Waals surface area contributed by atoms with Gasteiger partial charge >= 0.3 is 0 Å². The lowest BCUT2D eigenvalue weighted by atomic mass is 10.1. The lowest BCUT2D eigenvalue weighted by molar-refractivity contribution is 0.112. The summed E-state index contributed by atoms with van der Waals surface area (Å²) in [5.41, 5.74) is 1.62. The Balaban J connectivity index is 2.25. The van der Waals surface area contributed by atoms with Crippen molar-refractivity contribution in [3.63, 3.8) is 0 Å². The van der Waals surface area contributed by atoms with Crippen LogP contribution in [0.15, 0.2) is 48.5 Å². The van der Waals surface area contributed by atoms with Gasteiger partial charge in [-0.2, -0.15) is 0 Å². The van der Waals surface area contributed by atoms with Crippen LogP contribution in [0.3, 0.4) is 0 Å². The van der Waals surface area contributed by atoms with Gasteiger partial charge in [0.05, 0.1) is 0 Å². The molecule has 0 aromatic heterocycles. The van der Waals surface area contributed by atoms with E-state index in [1.54, 1.807) is 6.07 Å². The Bertz CT molecular complexity index is 489. The molecule has 0 unspecified atom stereocenters. The molecule has 0 aliphatic heterocycles. The summed E-state index contributed by atoms with van der Waals surface area (Å²) in [7, 11) is 0. The van der Waals surface area contributed by atoms with Crippen LogP contribution in [0.25, 0.3) is 0 Å². The number of aryl methyl sites for hydroxylation is 1. The van der Waals surface area contributed by atoms with Gasteiger partial charge in [0.1, 0.15) is 17.8 Å². The summed E-state index contributed by atoms with van der Waals surface area (Å²) in [6.07, 6.45) is 0.833. The fraction of sp³-hybridized carbons (Fsp3) is 0.0714. The van der Waals surface area contributed by atoms with E-state index in [-0.39, 0.29) is 0 Å². The van der Waals surface area contributed by atoms with Crippen molar-refractivity contribution in [2.75, 3.05) is 0 Å². The minimum Gasteiger partial charge on any atom is -0.457 e. The van der Waals surface area contributed by atoms with Crippen LogP contribution < -0.4 is 4.74 Å². The molecule has 80 valence electrons. The fourth-order valence-electron chi connectivity index (χ4n) is 1.48. The summed E-state index contributed by atoms with van der Waals surface area (Å²) in [6, 6.07) is 14.9. The predicted molar refractivity (Wildman–Crippen MR) is 63.1 cm³/mol. The maximum Gasteiger partial charge on any atom is 0.150 e. The highest BCUT2D eigenvalue weighted by molar-refractivity contribution is 5.75. The number of rotatable bonds is 3. The quantitative estimate of drug-likeness (QED) is 0.726. The summed E-state index contributed by atoms with van der Waals surface area (Å²) < 4.78 is 5.69. The van der Waals surface area contributed by atoms with Crippen LogP contribution in [-0.4, -0.2) is 6.29 Å². The summed E-state index contributed by atoms with van der Waals surface area (Å²) in [5.74, 6) is 1.57. The first-order chi connectivity index (χ1) is 7.79. The lowest BCUT2D eigenvalue weighted by Crippen LogP contribution is -1.89. The van der Waals surface area contributed by atoms with E-state index in [1.165, 1.54) is 0 Å². The van der Waals surface area contributed by atoms with Crippen LogP contribution >= 0.6 is 0 Å². The average molecular weight is 212 g/mol. The molecule has 0 bridgehead atoms. The third-order valence-electron chi connectivity index (χ3n) is 2.31. The zero-order chi connectivity index (χ0) is 11.4.